The number of piperidine rings is 1. The summed E-state index contributed by atoms with van der Waals surface area (Å²) >= 11 is 0. The summed E-state index contributed by atoms with van der Waals surface area (Å²) in [6.45, 7) is 5.68. The van der Waals surface area contributed by atoms with Crippen molar-refractivity contribution in [2.24, 2.45) is 0 Å². The summed E-state index contributed by atoms with van der Waals surface area (Å²) in [7, 11) is 1.61. The van der Waals surface area contributed by atoms with E-state index in [1.807, 2.05) is 24.3 Å². The van der Waals surface area contributed by atoms with Gasteiger partial charge in [-0.25, -0.2) is 0 Å². The molecule has 0 saturated carbocycles. The number of methoxy groups -OCH3 is 1. The highest BCUT2D eigenvalue weighted by Crippen LogP contribution is 2.12. The number of nitrogens with one attached hydrogen (secondary N) is 2. The van der Waals surface area contributed by atoms with Gasteiger partial charge >= 0.3 is 0 Å². The molecule has 0 aliphatic carbocycles. The van der Waals surface area contributed by atoms with Crippen molar-refractivity contribution in [2.45, 2.75) is 38.6 Å². The number of rotatable bonds is 9. The van der Waals surface area contributed by atoms with Crippen molar-refractivity contribution in [3.63, 3.8) is 0 Å². The number of hydrogen-bond acceptors (Lipinski definition) is 4. The standard InChI is InChI=1S/C21H31N3O3/c1-17(21(26)22-13-6-16-24-14-4-3-5-15-24)23-20(25)12-9-18-7-10-19(27-2)11-8-18/h7-12,17H,3-6,13-16H2,1-2H3,(H,22,26)(H,23,25)/b12-9+. The zero-order valence-corrected chi connectivity index (χ0v) is 16.4. The molecule has 0 aromatic heterocycles. The largest absolute Gasteiger partial charge is 0.497 e. The number of amides is 2. The zero-order chi connectivity index (χ0) is 19.5. The van der Waals surface area contributed by atoms with Crippen LogP contribution in [0.5, 0.6) is 5.75 Å². The van der Waals surface area contributed by atoms with Gasteiger partial charge in [0.2, 0.25) is 11.8 Å². The van der Waals surface area contributed by atoms with E-state index in [0.29, 0.717) is 6.54 Å². The van der Waals surface area contributed by atoms with Crippen LogP contribution in [0.3, 0.4) is 0 Å². The van der Waals surface area contributed by atoms with Gasteiger partial charge in [-0.2, -0.15) is 0 Å². The molecule has 1 aromatic rings. The van der Waals surface area contributed by atoms with Crippen LogP contribution in [0, 0.1) is 0 Å². The van der Waals surface area contributed by atoms with Crippen LogP contribution in [0.15, 0.2) is 30.3 Å². The minimum absolute atomic E-state index is 0.153. The predicted octanol–water partition coefficient (Wildman–Crippen LogP) is 2.21. The van der Waals surface area contributed by atoms with Gasteiger partial charge in [-0.3, -0.25) is 9.59 Å². The Morgan fingerprint density at radius 3 is 2.56 bits per heavy atom. The van der Waals surface area contributed by atoms with E-state index in [4.69, 9.17) is 4.74 Å². The molecule has 0 bridgehead atoms. The monoisotopic (exact) mass is 373 g/mol. The summed E-state index contributed by atoms with van der Waals surface area (Å²) in [5, 5.41) is 5.59. The lowest BCUT2D eigenvalue weighted by molar-refractivity contribution is -0.126. The first kappa shape index (κ1) is 21.0. The fourth-order valence-corrected chi connectivity index (χ4v) is 3.06. The third-order valence-electron chi connectivity index (χ3n) is 4.69. The van der Waals surface area contributed by atoms with E-state index in [1.54, 1.807) is 20.1 Å². The summed E-state index contributed by atoms with van der Waals surface area (Å²) in [6.07, 6.45) is 7.96. The van der Waals surface area contributed by atoms with Gasteiger partial charge in [0, 0.05) is 12.6 Å². The first-order chi connectivity index (χ1) is 13.1. The molecule has 1 aliphatic heterocycles. The van der Waals surface area contributed by atoms with Crippen LogP contribution >= 0.6 is 0 Å². The number of benzene rings is 1. The van der Waals surface area contributed by atoms with E-state index in [2.05, 4.69) is 15.5 Å². The van der Waals surface area contributed by atoms with Crippen molar-refractivity contribution in [3.8, 4) is 5.75 Å². The first-order valence-corrected chi connectivity index (χ1v) is 9.71. The van der Waals surface area contributed by atoms with Crippen molar-refractivity contribution in [3.05, 3.63) is 35.9 Å². The molecule has 0 spiro atoms. The van der Waals surface area contributed by atoms with Gasteiger partial charge in [-0.1, -0.05) is 18.6 Å². The predicted molar refractivity (Wildman–Crippen MR) is 108 cm³/mol. The van der Waals surface area contributed by atoms with E-state index < -0.39 is 6.04 Å². The van der Waals surface area contributed by atoms with Gasteiger partial charge in [-0.05, 0) is 69.6 Å². The Morgan fingerprint density at radius 1 is 1.19 bits per heavy atom. The highest BCUT2D eigenvalue weighted by molar-refractivity contribution is 5.95. The van der Waals surface area contributed by atoms with Crippen LogP contribution in [-0.2, 0) is 9.59 Å². The Bertz CT molecular complexity index is 622. The number of hydrogen-bond donors (Lipinski definition) is 2. The fraction of sp³-hybridized carbons (Fsp3) is 0.524. The van der Waals surface area contributed by atoms with Crippen LogP contribution in [-0.4, -0.2) is 56.0 Å². The SMILES string of the molecule is COc1ccc(/C=C/C(=O)NC(C)C(=O)NCCCN2CCCCC2)cc1. The zero-order valence-electron chi connectivity index (χ0n) is 16.4. The molecule has 27 heavy (non-hydrogen) atoms. The highest BCUT2D eigenvalue weighted by atomic mass is 16.5. The molecule has 1 saturated heterocycles. The van der Waals surface area contributed by atoms with Gasteiger partial charge in [0.05, 0.1) is 7.11 Å². The van der Waals surface area contributed by atoms with Crippen LogP contribution in [0.2, 0.25) is 0 Å². The number of carbonyl (C=O) groups excluding carboxylic acids is 2. The lowest BCUT2D eigenvalue weighted by Gasteiger charge is -2.26. The van der Waals surface area contributed by atoms with Crippen molar-refractivity contribution < 1.29 is 14.3 Å². The van der Waals surface area contributed by atoms with E-state index in [9.17, 15) is 9.59 Å². The Morgan fingerprint density at radius 2 is 1.89 bits per heavy atom. The third-order valence-corrected chi connectivity index (χ3v) is 4.69. The van der Waals surface area contributed by atoms with Gasteiger partial charge in [0.15, 0.2) is 0 Å². The molecular formula is C21H31N3O3. The molecule has 6 heteroatoms. The Balaban J connectivity index is 1.64. The Hall–Kier alpha value is -2.34. The minimum atomic E-state index is -0.562. The summed E-state index contributed by atoms with van der Waals surface area (Å²) in [5.74, 6) is 0.323. The lowest BCUT2D eigenvalue weighted by Crippen LogP contribution is -2.45. The quantitative estimate of drug-likeness (QED) is 0.514. The van der Waals surface area contributed by atoms with Gasteiger partial charge in [0.25, 0.3) is 0 Å². The molecule has 148 valence electrons. The lowest BCUT2D eigenvalue weighted by atomic mass is 10.1. The van der Waals surface area contributed by atoms with E-state index in [1.165, 1.54) is 38.4 Å². The second-order valence-corrected chi connectivity index (χ2v) is 6.88. The fourth-order valence-electron chi connectivity index (χ4n) is 3.06. The topological polar surface area (TPSA) is 70.7 Å². The van der Waals surface area contributed by atoms with Crippen LogP contribution < -0.4 is 15.4 Å². The summed E-state index contributed by atoms with van der Waals surface area (Å²) in [4.78, 5) is 26.5. The molecule has 6 nitrogen and oxygen atoms in total. The minimum Gasteiger partial charge on any atom is -0.497 e. The van der Waals surface area contributed by atoms with Gasteiger partial charge in [-0.15, -0.1) is 0 Å². The third kappa shape index (κ3) is 7.83. The van der Waals surface area contributed by atoms with Gasteiger partial charge in [0.1, 0.15) is 11.8 Å². The molecule has 0 radical (unpaired) electrons. The molecule has 1 atom stereocenters. The number of nitrogens with zero attached hydrogens (tertiary/aromatic N) is 1. The molecule has 1 unspecified atom stereocenters. The molecular weight excluding hydrogens is 342 g/mol. The summed E-state index contributed by atoms with van der Waals surface area (Å²) in [5.41, 5.74) is 0.890. The first-order valence-electron chi connectivity index (χ1n) is 9.71. The van der Waals surface area contributed by atoms with Crippen molar-refractivity contribution in [1.29, 1.82) is 0 Å². The molecule has 1 heterocycles. The second-order valence-electron chi connectivity index (χ2n) is 6.88. The van der Waals surface area contributed by atoms with Crippen molar-refractivity contribution >= 4 is 17.9 Å². The maximum absolute atomic E-state index is 12.1. The molecule has 2 rings (SSSR count). The number of likely N-dealkylation sites (tertiary alicyclic amines) is 1. The van der Waals surface area contributed by atoms with Crippen LogP contribution in [0.1, 0.15) is 38.2 Å². The highest BCUT2D eigenvalue weighted by Gasteiger charge is 2.14. The van der Waals surface area contributed by atoms with Crippen LogP contribution in [0.4, 0.5) is 0 Å². The molecule has 1 fully saturated rings. The normalized spacial score (nSPS) is 16.1. The molecule has 2 N–H and O–H groups in total. The number of ether oxygens (including phenoxy) is 1. The van der Waals surface area contributed by atoms with Crippen molar-refractivity contribution in [1.82, 2.24) is 15.5 Å². The summed E-state index contributed by atoms with van der Waals surface area (Å²) < 4.78 is 5.10. The average Bonchev–Trinajstić information content (AvgIpc) is 2.70. The molecule has 1 aromatic carbocycles. The maximum atomic E-state index is 12.1. The Kier molecular flexibility index (Phi) is 8.84. The number of carbonyl (C=O) groups is 2. The summed E-state index contributed by atoms with van der Waals surface area (Å²) in [6, 6.07) is 6.82. The Labute approximate surface area is 162 Å². The van der Waals surface area contributed by atoms with Crippen molar-refractivity contribution in [2.75, 3.05) is 33.3 Å². The maximum Gasteiger partial charge on any atom is 0.244 e. The van der Waals surface area contributed by atoms with E-state index in [0.717, 1.165) is 24.3 Å². The van der Waals surface area contributed by atoms with E-state index in [-0.39, 0.29) is 11.8 Å². The molecule has 2 amide bonds. The van der Waals surface area contributed by atoms with Crippen LogP contribution in [0.25, 0.3) is 6.08 Å². The molecule has 1 aliphatic rings. The smallest absolute Gasteiger partial charge is 0.244 e. The van der Waals surface area contributed by atoms with Gasteiger partial charge < -0.3 is 20.3 Å². The van der Waals surface area contributed by atoms with E-state index >= 15 is 0 Å². The second kappa shape index (κ2) is 11.4. The average molecular weight is 373 g/mol.